The van der Waals surface area contributed by atoms with Crippen molar-refractivity contribution in [2.75, 3.05) is 0 Å². The second-order valence-corrected chi connectivity index (χ2v) is 3.51. The second kappa shape index (κ2) is 2.96. The number of hydrogen-bond donors (Lipinski definition) is 3. The Balaban J connectivity index is 2.50. The van der Waals surface area contributed by atoms with Gasteiger partial charge in [-0.2, -0.15) is 0 Å². The standard InChI is InChI=1S/C9H11N3S/c1-5-3-4-7-8(6(2)10-5)12-9(13)11-7/h3-5,10H,2H2,1H3,(H2,11,12,13). The molecule has 13 heavy (non-hydrogen) atoms. The molecule has 4 heteroatoms. The van der Waals surface area contributed by atoms with Gasteiger partial charge in [0.1, 0.15) is 0 Å². The van der Waals surface area contributed by atoms with Crippen LogP contribution in [-0.4, -0.2) is 16.0 Å². The molecule has 1 atom stereocenters. The zero-order valence-corrected chi connectivity index (χ0v) is 8.23. The average Bonchev–Trinajstić information content (AvgIpc) is 2.38. The van der Waals surface area contributed by atoms with Crippen LogP contribution in [0.25, 0.3) is 11.8 Å². The summed E-state index contributed by atoms with van der Waals surface area (Å²) >= 11 is 4.14. The number of aromatic amines is 1. The van der Waals surface area contributed by atoms with Gasteiger partial charge in [-0.05, 0) is 13.0 Å². The van der Waals surface area contributed by atoms with Crippen LogP contribution < -0.4 is 5.32 Å². The maximum atomic E-state index is 4.22. The number of thiol groups is 1. The highest BCUT2D eigenvalue weighted by atomic mass is 32.1. The van der Waals surface area contributed by atoms with E-state index in [2.05, 4.69) is 41.4 Å². The van der Waals surface area contributed by atoms with Gasteiger partial charge in [-0.3, -0.25) is 0 Å². The van der Waals surface area contributed by atoms with Crippen LogP contribution >= 0.6 is 12.6 Å². The first-order chi connectivity index (χ1) is 6.16. The van der Waals surface area contributed by atoms with Gasteiger partial charge in [-0.25, -0.2) is 4.98 Å². The van der Waals surface area contributed by atoms with E-state index in [4.69, 9.17) is 0 Å². The Morgan fingerprint density at radius 2 is 2.38 bits per heavy atom. The zero-order chi connectivity index (χ0) is 9.42. The van der Waals surface area contributed by atoms with Crippen LogP contribution in [0.1, 0.15) is 18.3 Å². The van der Waals surface area contributed by atoms with Crippen molar-refractivity contribution in [2.45, 2.75) is 18.1 Å². The van der Waals surface area contributed by atoms with Gasteiger partial charge in [0.25, 0.3) is 0 Å². The van der Waals surface area contributed by atoms with Crippen LogP contribution in [0, 0.1) is 0 Å². The summed E-state index contributed by atoms with van der Waals surface area (Å²) in [6, 6.07) is 0.290. The van der Waals surface area contributed by atoms with E-state index in [1.807, 2.05) is 12.2 Å². The van der Waals surface area contributed by atoms with Crippen LogP contribution in [0.4, 0.5) is 0 Å². The summed E-state index contributed by atoms with van der Waals surface area (Å²) < 4.78 is 0. The predicted octanol–water partition coefficient (Wildman–Crippen LogP) is 1.67. The molecule has 0 spiro atoms. The largest absolute Gasteiger partial charge is 0.378 e. The maximum Gasteiger partial charge on any atom is 0.163 e. The summed E-state index contributed by atoms with van der Waals surface area (Å²) in [7, 11) is 0. The summed E-state index contributed by atoms with van der Waals surface area (Å²) in [5.74, 6) is 0. The number of imidazole rings is 1. The van der Waals surface area contributed by atoms with Gasteiger partial charge in [-0.15, -0.1) is 12.6 Å². The third-order valence-corrected chi connectivity index (χ3v) is 2.18. The Hall–Kier alpha value is -1.16. The van der Waals surface area contributed by atoms with Gasteiger partial charge >= 0.3 is 0 Å². The first kappa shape index (κ1) is 8.44. The Labute approximate surface area is 82.4 Å². The van der Waals surface area contributed by atoms with Crippen LogP contribution in [0.3, 0.4) is 0 Å². The molecule has 1 aliphatic rings. The van der Waals surface area contributed by atoms with E-state index in [9.17, 15) is 0 Å². The van der Waals surface area contributed by atoms with Gasteiger partial charge < -0.3 is 10.3 Å². The number of fused-ring (bicyclic) bond motifs is 1. The summed E-state index contributed by atoms with van der Waals surface area (Å²) in [5.41, 5.74) is 2.68. The molecular weight excluding hydrogens is 182 g/mol. The molecule has 68 valence electrons. The molecule has 2 N–H and O–H groups in total. The fourth-order valence-electron chi connectivity index (χ4n) is 1.36. The molecule has 1 aromatic heterocycles. The molecule has 1 unspecified atom stereocenters. The highest BCUT2D eigenvalue weighted by Crippen LogP contribution is 2.20. The van der Waals surface area contributed by atoms with Crippen LogP contribution in [-0.2, 0) is 0 Å². The molecule has 3 nitrogen and oxygen atoms in total. The first-order valence-electron chi connectivity index (χ1n) is 4.10. The summed E-state index contributed by atoms with van der Waals surface area (Å²) in [6.07, 6.45) is 4.02. The molecule has 1 aliphatic heterocycles. The lowest BCUT2D eigenvalue weighted by Crippen LogP contribution is -2.20. The van der Waals surface area contributed by atoms with E-state index < -0.39 is 0 Å². The number of H-pyrrole nitrogens is 1. The minimum Gasteiger partial charge on any atom is -0.378 e. The zero-order valence-electron chi connectivity index (χ0n) is 7.33. The lowest BCUT2D eigenvalue weighted by atomic mass is 10.3. The molecule has 2 heterocycles. The second-order valence-electron chi connectivity index (χ2n) is 3.09. The highest BCUT2D eigenvalue weighted by Gasteiger charge is 2.13. The van der Waals surface area contributed by atoms with Crippen molar-refractivity contribution in [2.24, 2.45) is 0 Å². The van der Waals surface area contributed by atoms with Gasteiger partial charge in [0, 0.05) is 6.04 Å². The van der Waals surface area contributed by atoms with E-state index >= 15 is 0 Å². The van der Waals surface area contributed by atoms with Crippen LogP contribution in [0.5, 0.6) is 0 Å². The summed E-state index contributed by atoms with van der Waals surface area (Å²) in [6.45, 7) is 5.99. The number of nitrogens with one attached hydrogen (secondary N) is 2. The normalized spacial score (nSPS) is 20.8. The Morgan fingerprint density at radius 3 is 3.15 bits per heavy atom. The Morgan fingerprint density at radius 1 is 1.62 bits per heavy atom. The molecule has 0 saturated carbocycles. The first-order valence-corrected chi connectivity index (χ1v) is 4.54. The minimum absolute atomic E-state index is 0.290. The molecule has 0 saturated heterocycles. The van der Waals surface area contributed by atoms with Crippen molar-refractivity contribution >= 4 is 24.4 Å². The van der Waals surface area contributed by atoms with Gasteiger partial charge in [0.2, 0.25) is 0 Å². The van der Waals surface area contributed by atoms with Crippen LogP contribution in [0.15, 0.2) is 17.8 Å². The number of hydrogen-bond acceptors (Lipinski definition) is 3. The smallest absolute Gasteiger partial charge is 0.163 e. The SMILES string of the molecule is C=C1NC(C)C=Cc2nc(S)[nH]c21. The topological polar surface area (TPSA) is 40.7 Å². The number of aromatic nitrogens is 2. The molecule has 0 aliphatic carbocycles. The van der Waals surface area contributed by atoms with Crippen molar-refractivity contribution in [3.63, 3.8) is 0 Å². The van der Waals surface area contributed by atoms with Crippen molar-refractivity contribution in [1.82, 2.24) is 15.3 Å². The quantitative estimate of drug-likeness (QED) is 0.549. The number of nitrogens with zero attached hydrogens (tertiary/aromatic N) is 1. The van der Waals surface area contributed by atoms with Gasteiger partial charge in [-0.1, -0.05) is 12.7 Å². The maximum absolute atomic E-state index is 4.22. The Bertz CT molecular complexity index is 378. The lowest BCUT2D eigenvalue weighted by molar-refractivity contribution is 0.790. The monoisotopic (exact) mass is 193 g/mol. The average molecular weight is 193 g/mol. The lowest BCUT2D eigenvalue weighted by Gasteiger charge is -2.09. The van der Waals surface area contributed by atoms with Crippen molar-refractivity contribution in [1.29, 1.82) is 0 Å². The third kappa shape index (κ3) is 1.49. The van der Waals surface area contributed by atoms with E-state index in [0.29, 0.717) is 11.2 Å². The third-order valence-electron chi connectivity index (χ3n) is 1.97. The number of rotatable bonds is 0. The molecule has 2 rings (SSSR count). The minimum atomic E-state index is 0.290. The highest BCUT2D eigenvalue weighted by molar-refractivity contribution is 7.80. The van der Waals surface area contributed by atoms with E-state index in [1.54, 1.807) is 0 Å². The summed E-state index contributed by atoms with van der Waals surface area (Å²) in [4.78, 5) is 7.26. The van der Waals surface area contributed by atoms with E-state index in [-0.39, 0.29) is 0 Å². The van der Waals surface area contributed by atoms with Crippen LogP contribution in [0.2, 0.25) is 0 Å². The van der Waals surface area contributed by atoms with E-state index in [0.717, 1.165) is 17.1 Å². The van der Waals surface area contributed by atoms with Crippen molar-refractivity contribution in [3.05, 3.63) is 24.0 Å². The Kier molecular flexibility index (Phi) is 1.92. The predicted molar refractivity (Wildman–Crippen MR) is 56.5 cm³/mol. The molecule has 0 aromatic carbocycles. The van der Waals surface area contributed by atoms with E-state index in [1.165, 1.54) is 0 Å². The fraction of sp³-hybridized carbons (Fsp3) is 0.222. The molecule has 0 fully saturated rings. The van der Waals surface area contributed by atoms with Gasteiger partial charge in [0.15, 0.2) is 5.16 Å². The van der Waals surface area contributed by atoms with Crippen molar-refractivity contribution < 1.29 is 0 Å². The molecule has 0 radical (unpaired) electrons. The molecule has 0 bridgehead atoms. The molecule has 0 amide bonds. The van der Waals surface area contributed by atoms with Crippen molar-refractivity contribution in [3.8, 4) is 0 Å². The summed E-state index contributed by atoms with van der Waals surface area (Å²) in [5, 5.41) is 3.84. The van der Waals surface area contributed by atoms with Gasteiger partial charge in [0.05, 0.1) is 17.1 Å². The fourth-order valence-corrected chi connectivity index (χ4v) is 1.57. The molecular formula is C9H11N3S. The molecule has 1 aromatic rings.